The monoisotopic (exact) mass is 507 g/mol. The molecule has 4 rings (SSSR count). The van der Waals surface area contributed by atoms with Crippen LogP contribution in [0.4, 0.5) is 20.6 Å². The minimum Gasteiger partial charge on any atom is -0.484 e. The maximum absolute atomic E-state index is 13.6. The summed E-state index contributed by atoms with van der Waals surface area (Å²) < 4.78 is 19.1. The maximum atomic E-state index is 13.6. The topological polar surface area (TPSA) is 105 Å². The van der Waals surface area contributed by atoms with Gasteiger partial charge in [0.05, 0.1) is 11.4 Å². The van der Waals surface area contributed by atoms with Crippen LogP contribution in [0.2, 0.25) is 5.02 Å². The lowest BCUT2D eigenvalue weighted by Crippen LogP contribution is -2.54. The number of nitrogens with one attached hydrogen (secondary N) is 2. The Morgan fingerprint density at radius 3 is 2.50 bits per heavy atom. The van der Waals surface area contributed by atoms with E-state index in [2.05, 4.69) is 10.6 Å². The number of carbonyl (C=O) groups excluding carboxylic acids is 4. The minimum absolute atomic E-state index is 0.0454. The van der Waals surface area contributed by atoms with Crippen molar-refractivity contribution >= 4 is 52.8 Å². The summed E-state index contributed by atoms with van der Waals surface area (Å²) in [7, 11) is 0. The number of benzene rings is 3. The van der Waals surface area contributed by atoms with E-state index in [-0.39, 0.29) is 23.6 Å². The van der Waals surface area contributed by atoms with E-state index in [1.54, 1.807) is 43.3 Å². The molecule has 8 nitrogen and oxygen atoms in total. The highest BCUT2D eigenvalue weighted by molar-refractivity contribution is 6.39. The van der Waals surface area contributed by atoms with Gasteiger partial charge in [-0.15, -0.1) is 0 Å². The molecular formula is C26H19ClFN3O5. The maximum Gasteiger partial charge on any atom is 0.335 e. The summed E-state index contributed by atoms with van der Waals surface area (Å²) in [5.41, 5.74) is 1.06. The molecule has 182 valence electrons. The second kappa shape index (κ2) is 10.4. The van der Waals surface area contributed by atoms with Gasteiger partial charge in [-0.2, -0.15) is 0 Å². The molecule has 0 saturated carbocycles. The van der Waals surface area contributed by atoms with Crippen LogP contribution in [-0.4, -0.2) is 30.4 Å². The Balaban J connectivity index is 1.46. The molecule has 10 heteroatoms. The van der Waals surface area contributed by atoms with Crippen LogP contribution >= 0.6 is 11.6 Å². The van der Waals surface area contributed by atoms with E-state index in [4.69, 9.17) is 16.3 Å². The van der Waals surface area contributed by atoms with E-state index in [1.165, 1.54) is 36.4 Å². The minimum atomic E-state index is -0.870. The Kier molecular flexibility index (Phi) is 7.12. The molecule has 1 fully saturated rings. The number of para-hydroxylation sites is 1. The first-order chi connectivity index (χ1) is 17.2. The molecule has 0 radical (unpaired) electrons. The van der Waals surface area contributed by atoms with E-state index in [0.717, 1.165) is 4.90 Å². The van der Waals surface area contributed by atoms with E-state index in [0.29, 0.717) is 21.9 Å². The lowest BCUT2D eigenvalue weighted by atomic mass is 10.1. The van der Waals surface area contributed by atoms with Gasteiger partial charge in [0, 0.05) is 5.02 Å². The first-order valence-corrected chi connectivity index (χ1v) is 11.1. The number of rotatable bonds is 6. The average Bonchev–Trinajstić information content (AvgIpc) is 2.85. The third-order valence-electron chi connectivity index (χ3n) is 5.29. The Bertz CT molecular complexity index is 1400. The summed E-state index contributed by atoms with van der Waals surface area (Å²) >= 11 is 6.13. The first kappa shape index (κ1) is 24.6. The zero-order valence-electron chi connectivity index (χ0n) is 18.9. The molecule has 1 aliphatic heterocycles. The smallest absolute Gasteiger partial charge is 0.335 e. The fraction of sp³-hybridized carbons (Fsp3) is 0.0769. The summed E-state index contributed by atoms with van der Waals surface area (Å²) in [5.74, 6) is -2.39. The molecule has 3 aromatic carbocycles. The number of nitrogens with zero attached hydrogens (tertiary/aromatic N) is 1. The summed E-state index contributed by atoms with van der Waals surface area (Å²) in [4.78, 5) is 50.8. The molecule has 0 aromatic heterocycles. The van der Waals surface area contributed by atoms with Gasteiger partial charge >= 0.3 is 6.03 Å². The molecule has 0 spiro atoms. The molecule has 1 aliphatic rings. The third-order valence-corrected chi connectivity index (χ3v) is 5.70. The SMILES string of the molecule is Cc1c(Cl)cccc1N1C(=O)NC(=O)/C(=C/c2ccc(OCC(=O)Nc3ccccc3F)cc2)C1=O. The normalized spacial score (nSPS) is 14.6. The summed E-state index contributed by atoms with van der Waals surface area (Å²) in [6.07, 6.45) is 1.34. The predicted octanol–water partition coefficient (Wildman–Crippen LogP) is 4.47. The standard InChI is InChI=1S/C26H19ClFN3O5/c1-15-19(27)5-4-8-22(15)31-25(34)18(24(33)30-26(31)35)13-16-9-11-17(12-10-16)36-14-23(32)29-21-7-3-2-6-20(21)28/h2-13H,14H2,1H3,(H,29,32)(H,30,33,35)/b18-13-. The molecule has 0 aliphatic carbocycles. The fourth-order valence-corrected chi connectivity index (χ4v) is 3.61. The Morgan fingerprint density at radius 1 is 1.06 bits per heavy atom. The first-order valence-electron chi connectivity index (χ1n) is 10.7. The van der Waals surface area contributed by atoms with Crippen LogP contribution in [0.15, 0.2) is 72.3 Å². The van der Waals surface area contributed by atoms with Crippen LogP contribution in [0, 0.1) is 12.7 Å². The Hall–Kier alpha value is -4.50. The van der Waals surface area contributed by atoms with Gasteiger partial charge in [-0.1, -0.05) is 41.9 Å². The van der Waals surface area contributed by atoms with Crippen molar-refractivity contribution in [3.8, 4) is 5.75 Å². The number of urea groups is 1. The molecule has 36 heavy (non-hydrogen) atoms. The zero-order valence-corrected chi connectivity index (χ0v) is 19.6. The van der Waals surface area contributed by atoms with Crippen LogP contribution < -0.4 is 20.3 Å². The highest BCUT2D eigenvalue weighted by atomic mass is 35.5. The molecule has 2 N–H and O–H groups in total. The molecule has 1 heterocycles. The van der Waals surface area contributed by atoms with Gasteiger partial charge in [0.2, 0.25) is 0 Å². The summed E-state index contributed by atoms with van der Waals surface area (Å²) in [6, 6.07) is 15.9. The molecule has 5 amide bonds. The van der Waals surface area contributed by atoms with Gasteiger partial charge in [-0.25, -0.2) is 14.1 Å². The fourth-order valence-electron chi connectivity index (χ4n) is 3.44. The van der Waals surface area contributed by atoms with Crippen molar-refractivity contribution < 1.29 is 28.3 Å². The second-order valence-electron chi connectivity index (χ2n) is 7.73. The Morgan fingerprint density at radius 2 is 1.78 bits per heavy atom. The van der Waals surface area contributed by atoms with Gasteiger partial charge < -0.3 is 10.1 Å². The Labute approximate surface area is 210 Å². The largest absolute Gasteiger partial charge is 0.484 e. The van der Waals surface area contributed by atoms with E-state index in [1.807, 2.05) is 0 Å². The highest BCUT2D eigenvalue weighted by Gasteiger charge is 2.37. The van der Waals surface area contributed by atoms with E-state index in [9.17, 15) is 23.6 Å². The number of carbonyl (C=O) groups is 4. The predicted molar refractivity (Wildman–Crippen MR) is 132 cm³/mol. The van der Waals surface area contributed by atoms with Crippen molar-refractivity contribution in [2.24, 2.45) is 0 Å². The third kappa shape index (κ3) is 5.26. The van der Waals surface area contributed by atoms with Crippen LogP contribution in [0.25, 0.3) is 6.08 Å². The van der Waals surface area contributed by atoms with Gasteiger partial charge in [0.25, 0.3) is 17.7 Å². The van der Waals surface area contributed by atoms with Gasteiger partial charge in [0.15, 0.2) is 6.61 Å². The van der Waals surface area contributed by atoms with Crippen LogP contribution in [0.1, 0.15) is 11.1 Å². The molecule has 0 unspecified atom stereocenters. The second-order valence-corrected chi connectivity index (χ2v) is 8.13. The van der Waals surface area contributed by atoms with Gasteiger partial charge in [0.1, 0.15) is 17.1 Å². The molecule has 0 atom stereocenters. The molecule has 3 aromatic rings. The van der Waals surface area contributed by atoms with Gasteiger partial charge in [-0.05, 0) is 60.5 Å². The lowest BCUT2D eigenvalue weighted by Gasteiger charge is -2.27. The van der Waals surface area contributed by atoms with Crippen molar-refractivity contribution in [1.82, 2.24) is 5.32 Å². The van der Waals surface area contributed by atoms with E-state index < -0.39 is 29.6 Å². The van der Waals surface area contributed by atoms with Crippen molar-refractivity contribution in [1.29, 1.82) is 0 Å². The van der Waals surface area contributed by atoms with E-state index >= 15 is 0 Å². The number of imide groups is 2. The average molecular weight is 508 g/mol. The molecule has 0 bridgehead atoms. The van der Waals surface area contributed by atoms with Crippen molar-refractivity contribution in [2.45, 2.75) is 6.92 Å². The number of amides is 5. The lowest BCUT2D eigenvalue weighted by molar-refractivity contribution is -0.122. The molecule has 1 saturated heterocycles. The summed E-state index contributed by atoms with van der Waals surface area (Å²) in [6.45, 7) is 1.30. The van der Waals surface area contributed by atoms with Crippen LogP contribution in [0.5, 0.6) is 5.75 Å². The summed E-state index contributed by atoms with van der Waals surface area (Å²) in [5, 5.41) is 4.95. The van der Waals surface area contributed by atoms with Crippen molar-refractivity contribution in [3.05, 3.63) is 94.3 Å². The number of ether oxygens (including phenoxy) is 1. The van der Waals surface area contributed by atoms with Crippen molar-refractivity contribution in [3.63, 3.8) is 0 Å². The molecular weight excluding hydrogens is 489 g/mol. The van der Waals surface area contributed by atoms with Gasteiger partial charge in [-0.3, -0.25) is 19.7 Å². The number of hydrogen-bond donors (Lipinski definition) is 2. The van der Waals surface area contributed by atoms with Crippen LogP contribution in [-0.2, 0) is 14.4 Å². The van der Waals surface area contributed by atoms with Crippen LogP contribution in [0.3, 0.4) is 0 Å². The number of anilines is 2. The van der Waals surface area contributed by atoms with Crippen molar-refractivity contribution in [2.75, 3.05) is 16.8 Å². The number of barbiturate groups is 1. The number of hydrogen-bond acceptors (Lipinski definition) is 5. The zero-order chi connectivity index (χ0) is 25.8. The highest BCUT2D eigenvalue weighted by Crippen LogP contribution is 2.29. The quantitative estimate of drug-likeness (QED) is 0.378. The number of halogens is 2.